The van der Waals surface area contributed by atoms with Crippen molar-refractivity contribution in [3.8, 4) is 0 Å². The van der Waals surface area contributed by atoms with E-state index in [0.717, 1.165) is 11.3 Å². The van der Waals surface area contributed by atoms with Gasteiger partial charge in [0.25, 0.3) is 0 Å². The molecule has 0 aliphatic heterocycles. The van der Waals surface area contributed by atoms with E-state index in [9.17, 15) is 8.42 Å². The Balaban J connectivity index is 2.00. The zero-order valence-electron chi connectivity index (χ0n) is 12.4. The van der Waals surface area contributed by atoms with E-state index in [1.54, 1.807) is 24.3 Å². The van der Waals surface area contributed by atoms with Crippen LogP contribution in [0.2, 0.25) is 0 Å². The van der Waals surface area contributed by atoms with Crippen LogP contribution in [0.25, 0.3) is 0 Å². The Morgan fingerprint density at radius 2 is 1.64 bits per heavy atom. The van der Waals surface area contributed by atoms with Gasteiger partial charge in [-0.3, -0.25) is 0 Å². The molecule has 2 N–H and O–H groups in total. The van der Waals surface area contributed by atoms with Crippen LogP contribution in [0.5, 0.6) is 0 Å². The number of para-hydroxylation sites is 1. The molecule has 0 saturated heterocycles. The monoisotopic (exact) mass is 334 g/mol. The molecule has 0 amide bonds. The highest BCUT2D eigenvalue weighted by molar-refractivity contribution is 7.90. The van der Waals surface area contributed by atoms with Gasteiger partial charge in [0.15, 0.2) is 14.9 Å². The standard InChI is InChI=1S/C16H18N2O2S2/c1-12(13-8-10-15(11-9-13)22(2,19)20)17-16(21)18-14-6-4-3-5-7-14/h3-12H,1-2H3,(H2,17,18,21). The van der Waals surface area contributed by atoms with Crippen LogP contribution in [0.3, 0.4) is 0 Å². The molecule has 1 unspecified atom stereocenters. The summed E-state index contributed by atoms with van der Waals surface area (Å²) in [5.74, 6) is 0. The van der Waals surface area contributed by atoms with E-state index < -0.39 is 9.84 Å². The van der Waals surface area contributed by atoms with Crippen LogP contribution in [0.1, 0.15) is 18.5 Å². The van der Waals surface area contributed by atoms with Crippen LogP contribution in [0.4, 0.5) is 5.69 Å². The van der Waals surface area contributed by atoms with Gasteiger partial charge in [0, 0.05) is 11.9 Å². The lowest BCUT2D eigenvalue weighted by Crippen LogP contribution is -2.30. The van der Waals surface area contributed by atoms with Crippen molar-refractivity contribution in [1.82, 2.24) is 5.32 Å². The van der Waals surface area contributed by atoms with Crippen LogP contribution in [0.15, 0.2) is 59.5 Å². The molecular formula is C16H18N2O2S2. The number of sulfone groups is 1. The summed E-state index contributed by atoms with van der Waals surface area (Å²) in [5, 5.41) is 6.80. The largest absolute Gasteiger partial charge is 0.356 e. The highest BCUT2D eigenvalue weighted by Crippen LogP contribution is 2.16. The Labute approximate surface area is 136 Å². The molecule has 1 atom stereocenters. The number of hydrogen-bond donors (Lipinski definition) is 2. The zero-order chi connectivity index (χ0) is 16.2. The number of rotatable bonds is 4. The summed E-state index contributed by atoms with van der Waals surface area (Å²) in [4.78, 5) is 0.313. The van der Waals surface area contributed by atoms with Gasteiger partial charge < -0.3 is 10.6 Å². The van der Waals surface area contributed by atoms with E-state index >= 15 is 0 Å². The quantitative estimate of drug-likeness (QED) is 0.841. The lowest BCUT2D eigenvalue weighted by molar-refractivity contribution is 0.601. The van der Waals surface area contributed by atoms with Gasteiger partial charge in [0.2, 0.25) is 0 Å². The van der Waals surface area contributed by atoms with Crippen molar-refractivity contribution in [1.29, 1.82) is 0 Å². The first-order valence-electron chi connectivity index (χ1n) is 6.79. The lowest BCUT2D eigenvalue weighted by Gasteiger charge is -2.17. The zero-order valence-corrected chi connectivity index (χ0v) is 14.0. The van der Waals surface area contributed by atoms with Gasteiger partial charge in [0.05, 0.1) is 10.9 Å². The maximum Gasteiger partial charge on any atom is 0.175 e. The van der Waals surface area contributed by atoms with Crippen molar-refractivity contribution in [2.75, 3.05) is 11.6 Å². The Bertz CT molecular complexity index is 741. The van der Waals surface area contributed by atoms with Crippen molar-refractivity contribution in [2.45, 2.75) is 17.9 Å². The smallest absolute Gasteiger partial charge is 0.175 e. The van der Waals surface area contributed by atoms with Gasteiger partial charge in [-0.2, -0.15) is 0 Å². The molecule has 0 fully saturated rings. The Hall–Kier alpha value is -1.92. The van der Waals surface area contributed by atoms with Gasteiger partial charge in [-0.25, -0.2) is 8.42 Å². The van der Waals surface area contributed by atoms with Crippen molar-refractivity contribution >= 4 is 32.9 Å². The summed E-state index contributed by atoms with van der Waals surface area (Å²) in [5.41, 5.74) is 1.88. The molecule has 6 heteroatoms. The molecule has 0 aliphatic rings. The van der Waals surface area contributed by atoms with Crippen LogP contribution in [-0.2, 0) is 9.84 Å². The third-order valence-electron chi connectivity index (χ3n) is 3.19. The second kappa shape index (κ2) is 6.89. The SMILES string of the molecule is CC(NC(=S)Nc1ccccc1)c1ccc(S(C)(=O)=O)cc1. The van der Waals surface area contributed by atoms with Gasteiger partial charge in [-0.05, 0) is 49.0 Å². The van der Waals surface area contributed by atoms with Crippen molar-refractivity contribution in [3.63, 3.8) is 0 Å². The maximum absolute atomic E-state index is 11.4. The number of benzene rings is 2. The van der Waals surface area contributed by atoms with Crippen molar-refractivity contribution < 1.29 is 8.42 Å². The van der Waals surface area contributed by atoms with Crippen LogP contribution >= 0.6 is 12.2 Å². The maximum atomic E-state index is 11.4. The fraction of sp³-hybridized carbons (Fsp3) is 0.188. The average molecular weight is 334 g/mol. The topological polar surface area (TPSA) is 58.2 Å². The average Bonchev–Trinajstić information content (AvgIpc) is 2.47. The highest BCUT2D eigenvalue weighted by atomic mass is 32.2. The molecule has 2 aromatic rings. The molecule has 0 heterocycles. The summed E-state index contributed by atoms with van der Waals surface area (Å²) in [6.45, 7) is 1.97. The molecule has 116 valence electrons. The molecule has 0 aliphatic carbocycles. The predicted octanol–water partition coefficient (Wildman–Crippen LogP) is 3.14. The predicted molar refractivity (Wildman–Crippen MR) is 93.8 cm³/mol. The van der Waals surface area contributed by atoms with Crippen LogP contribution in [0, 0.1) is 0 Å². The van der Waals surface area contributed by atoms with Crippen LogP contribution < -0.4 is 10.6 Å². The summed E-state index contributed by atoms with van der Waals surface area (Å²) >= 11 is 5.28. The van der Waals surface area contributed by atoms with E-state index in [1.165, 1.54) is 6.26 Å². The Morgan fingerprint density at radius 3 is 2.18 bits per heavy atom. The van der Waals surface area contributed by atoms with Gasteiger partial charge in [-0.1, -0.05) is 30.3 Å². The molecule has 4 nitrogen and oxygen atoms in total. The van der Waals surface area contributed by atoms with Gasteiger partial charge >= 0.3 is 0 Å². The molecular weight excluding hydrogens is 316 g/mol. The minimum absolute atomic E-state index is 0.0303. The molecule has 0 aromatic heterocycles. The third kappa shape index (κ3) is 4.54. The minimum Gasteiger partial charge on any atom is -0.356 e. The normalized spacial score (nSPS) is 12.5. The van der Waals surface area contributed by atoms with E-state index in [2.05, 4.69) is 10.6 Å². The van der Waals surface area contributed by atoms with E-state index in [4.69, 9.17) is 12.2 Å². The fourth-order valence-electron chi connectivity index (χ4n) is 1.97. The number of nitrogens with one attached hydrogen (secondary N) is 2. The molecule has 2 rings (SSSR count). The van der Waals surface area contributed by atoms with E-state index in [-0.39, 0.29) is 6.04 Å². The molecule has 0 radical (unpaired) electrons. The highest BCUT2D eigenvalue weighted by Gasteiger charge is 2.10. The van der Waals surface area contributed by atoms with Crippen molar-refractivity contribution in [3.05, 3.63) is 60.2 Å². The first kappa shape index (κ1) is 16.5. The summed E-state index contributed by atoms with van der Waals surface area (Å²) < 4.78 is 22.9. The molecule has 0 spiro atoms. The number of hydrogen-bond acceptors (Lipinski definition) is 3. The summed E-state index contributed by atoms with van der Waals surface area (Å²) in [7, 11) is -3.17. The first-order chi connectivity index (χ1) is 10.4. The Morgan fingerprint density at radius 1 is 1.05 bits per heavy atom. The van der Waals surface area contributed by atoms with E-state index in [0.29, 0.717) is 10.0 Å². The second-order valence-electron chi connectivity index (χ2n) is 5.03. The number of thiocarbonyl (C=S) groups is 1. The molecule has 0 bridgehead atoms. The lowest BCUT2D eigenvalue weighted by atomic mass is 10.1. The number of anilines is 1. The molecule has 22 heavy (non-hydrogen) atoms. The fourth-order valence-corrected chi connectivity index (χ4v) is 2.90. The van der Waals surface area contributed by atoms with Gasteiger partial charge in [0.1, 0.15) is 0 Å². The summed E-state index contributed by atoms with van der Waals surface area (Å²) in [6.07, 6.45) is 1.20. The molecule has 0 saturated carbocycles. The van der Waals surface area contributed by atoms with Crippen molar-refractivity contribution in [2.24, 2.45) is 0 Å². The van der Waals surface area contributed by atoms with E-state index in [1.807, 2.05) is 37.3 Å². The third-order valence-corrected chi connectivity index (χ3v) is 4.54. The second-order valence-corrected chi connectivity index (χ2v) is 7.45. The first-order valence-corrected chi connectivity index (χ1v) is 9.09. The van der Waals surface area contributed by atoms with Crippen LogP contribution in [-0.4, -0.2) is 19.8 Å². The van der Waals surface area contributed by atoms with Gasteiger partial charge in [-0.15, -0.1) is 0 Å². The summed E-state index contributed by atoms with van der Waals surface area (Å²) in [6, 6.07) is 16.4. The minimum atomic E-state index is -3.17. The Kier molecular flexibility index (Phi) is 5.15. The molecule has 2 aromatic carbocycles.